The predicted molar refractivity (Wildman–Crippen MR) is 78.3 cm³/mol. The lowest BCUT2D eigenvalue weighted by Crippen LogP contribution is -2.30. The molecule has 8 heteroatoms. The summed E-state index contributed by atoms with van der Waals surface area (Å²) < 4.78 is 28.6. The number of nitrogens with one attached hydrogen (secondary N) is 1. The van der Waals surface area contributed by atoms with Crippen LogP contribution in [-0.4, -0.2) is 44.3 Å². The van der Waals surface area contributed by atoms with Gasteiger partial charge < -0.3 is 15.2 Å². The third-order valence-electron chi connectivity index (χ3n) is 2.99. The van der Waals surface area contributed by atoms with Crippen LogP contribution < -0.4 is 10.1 Å². The highest BCUT2D eigenvalue weighted by Crippen LogP contribution is 2.34. The zero-order valence-corrected chi connectivity index (χ0v) is 13.1. The molecule has 2 unspecified atom stereocenters. The topological polar surface area (TPSA) is 75.6 Å². The highest BCUT2D eigenvalue weighted by Gasteiger charge is 2.38. The van der Waals surface area contributed by atoms with E-state index in [0.717, 1.165) is 0 Å². The van der Waals surface area contributed by atoms with Crippen molar-refractivity contribution in [3.63, 3.8) is 0 Å². The van der Waals surface area contributed by atoms with Crippen molar-refractivity contribution in [2.24, 2.45) is 0 Å². The minimum absolute atomic E-state index is 0.216. The minimum Gasteiger partial charge on any atom is -0.485 e. The van der Waals surface area contributed by atoms with Crippen LogP contribution in [0.2, 0.25) is 10.0 Å². The molecule has 1 aliphatic rings. The van der Waals surface area contributed by atoms with Gasteiger partial charge in [0.15, 0.2) is 9.84 Å². The summed E-state index contributed by atoms with van der Waals surface area (Å²) >= 11 is 12.0. The Bertz CT molecular complexity index is 606. The van der Waals surface area contributed by atoms with Crippen molar-refractivity contribution >= 4 is 33.0 Å². The second-order valence-electron chi connectivity index (χ2n) is 4.71. The van der Waals surface area contributed by atoms with E-state index in [1.807, 2.05) is 0 Å². The smallest absolute Gasteiger partial charge is 0.156 e. The van der Waals surface area contributed by atoms with Crippen LogP contribution in [0.4, 0.5) is 0 Å². The Balaban J connectivity index is 2.29. The minimum atomic E-state index is -3.27. The number of hydrogen-bond acceptors (Lipinski definition) is 5. The lowest BCUT2D eigenvalue weighted by molar-refractivity contribution is 0.0731. The Morgan fingerprint density at radius 2 is 2.10 bits per heavy atom. The maximum atomic E-state index is 11.5. The molecule has 20 heavy (non-hydrogen) atoms. The molecule has 5 nitrogen and oxygen atoms in total. The summed E-state index contributed by atoms with van der Waals surface area (Å²) in [6, 6.07) is 3.21. The first kappa shape index (κ1) is 15.9. The van der Waals surface area contributed by atoms with Gasteiger partial charge in [0.2, 0.25) is 0 Å². The van der Waals surface area contributed by atoms with E-state index in [0.29, 0.717) is 27.9 Å². The Morgan fingerprint density at radius 1 is 1.40 bits per heavy atom. The van der Waals surface area contributed by atoms with Crippen molar-refractivity contribution in [3.8, 4) is 5.75 Å². The first-order valence-electron chi connectivity index (χ1n) is 6.00. The number of sulfone groups is 1. The van der Waals surface area contributed by atoms with E-state index in [4.69, 9.17) is 27.9 Å². The maximum Gasteiger partial charge on any atom is 0.156 e. The maximum absolute atomic E-state index is 11.5. The third-order valence-corrected chi connectivity index (χ3v) is 5.18. The van der Waals surface area contributed by atoms with Crippen molar-refractivity contribution in [1.29, 1.82) is 0 Å². The molecule has 2 rings (SSSR count). The van der Waals surface area contributed by atoms with E-state index in [9.17, 15) is 13.5 Å². The van der Waals surface area contributed by atoms with Crippen LogP contribution >= 0.6 is 23.2 Å². The number of aliphatic hydroxyl groups is 1. The van der Waals surface area contributed by atoms with Crippen molar-refractivity contribution in [3.05, 3.63) is 27.7 Å². The SMILES string of the molecule is CNCc1cc(Cl)cc(Cl)c1OC1CS(=O)(=O)CC1O. The molecular formula is C12H15Cl2NO4S. The Morgan fingerprint density at radius 3 is 2.65 bits per heavy atom. The number of rotatable bonds is 4. The fourth-order valence-corrected chi connectivity index (χ4v) is 4.37. The summed E-state index contributed by atoms with van der Waals surface area (Å²) in [4.78, 5) is 0. The fraction of sp³-hybridized carbons (Fsp3) is 0.500. The van der Waals surface area contributed by atoms with Gasteiger partial charge in [0.05, 0.1) is 16.5 Å². The molecule has 2 atom stereocenters. The van der Waals surface area contributed by atoms with Gasteiger partial charge in [0.25, 0.3) is 0 Å². The molecule has 0 aromatic heterocycles. The molecule has 1 aromatic carbocycles. The Hall–Kier alpha value is -0.530. The summed E-state index contributed by atoms with van der Waals surface area (Å²) in [7, 11) is -1.51. The highest BCUT2D eigenvalue weighted by atomic mass is 35.5. The standard InChI is InChI=1S/C12H15Cl2NO4S/c1-15-4-7-2-8(13)3-9(14)12(7)19-11-6-20(17,18)5-10(11)16/h2-3,10-11,15-16H,4-6H2,1H3. The molecule has 0 radical (unpaired) electrons. The van der Waals surface area contributed by atoms with Gasteiger partial charge in [-0.1, -0.05) is 23.2 Å². The van der Waals surface area contributed by atoms with Gasteiger partial charge >= 0.3 is 0 Å². The van der Waals surface area contributed by atoms with Gasteiger partial charge in [-0.15, -0.1) is 0 Å². The Labute approximate surface area is 127 Å². The zero-order valence-electron chi connectivity index (χ0n) is 10.8. The number of aliphatic hydroxyl groups excluding tert-OH is 1. The van der Waals surface area contributed by atoms with Gasteiger partial charge in [-0.05, 0) is 19.2 Å². The van der Waals surface area contributed by atoms with Gasteiger partial charge in [-0.2, -0.15) is 0 Å². The van der Waals surface area contributed by atoms with Crippen LogP contribution in [0.3, 0.4) is 0 Å². The number of ether oxygens (including phenoxy) is 1. The average Bonchev–Trinajstić information content (AvgIpc) is 2.57. The molecular weight excluding hydrogens is 325 g/mol. The molecule has 1 aromatic rings. The molecule has 0 bridgehead atoms. The monoisotopic (exact) mass is 339 g/mol. The van der Waals surface area contributed by atoms with Crippen LogP contribution in [0.1, 0.15) is 5.56 Å². The number of halogens is 2. The molecule has 112 valence electrons. The predicted octanol–water partition coefficient (Wildman–Crippen LogP) is 1.25. The van der Waals surface area contributed by atoms with Crippen LogP contribution in [0.5, 0.6) is 5.75 Å². The molecule has 1 aliphatic heterocycles. The lowest BCUT2D eigenvalue weighted by Gasteiger charge is -2.19. The summed E-state index contributed by atoms with van der Waals surface area (Å²) in [6.07, 6.45) is -1.86. The molecule has 0 saturated carbocycles. The molecule has 0 amide bonds. The zero-order chi connectivity index (χ0) is 14.9. The second-order valence-corrected chi connectivity index (χ2v) is 7.70. The molecule has 1 heterocycles. The van der Waals surface area contributed by atoms with Crippen LogP contribution in [-0.2, 0) is 16.4 Å². The van der Waals surface area contributed by atoms with Crippen LogP contribution in [0.15, 0.2) is 12.1 Å². The molecule has 1 saturated heterocycles. The van der Waals surface area contributed by atoms with E-state index < -0.39 is 22.0 Å². The normalized spacial score (nSPS) is 24.8. The second kappa shape index (κ2) is 6.07. The first-order chi connectivity index (χ1) is 9.32. The lowest BCUT2D eigenvalue weighted by atomic mass is 10.2. The highest BCUT2D eigenvalue weighted by molar-refractivity contribution is 7.91. The van der Waals surface area contributed by atoms with Crippen molar-refractivity contribution < 1.29 is 18.3 Å². The molecule has 2 N–H and O–H groups in total. The van der Waals surface area contributed by atoms with Crippen LogP contribution in [0.25, 0.3) is 0 Å². The van der Waals surface area contributed by atoms with Gasteiger partial charge in [-0.3, -0.25) is 0 Å². The number of hydrogen-bond donors (Lipinski definition) is 2. The summed E-state index contributed by atoms with van der Waals surface area (Å²) in [5.41, 5.74) is 0.710. The molecule has 1 fully saturated rings. The van der Waals surface area contributed by atoms with Gasteiger partial charge in [-0.25, -0.2) is 8.42 Å². The van der Waals surface area contributed by atoms with E-state index in [2.05, 4.69) is 5.32 Å². The van der Waals surface area contributed by atoms with Crippen molar-refractivity contribution in [1.82, 2.24) is 5.32 Å². The van der Waals surface area contributed by atoms with Gasteiger partial charge in [0, 0.05) is 17.1 Å². The summed E-state index contributed by atoms with van der Waals surface area (Å²) in [5.74, 6) is -0.150. The fourth-order valence-electron chi connectivity index (χ4n) is 2.13. The summed E-state index contributed by atoms with van der Waals surface area (Å²) in [5, 5.41) is 13.5. The van der Waals surface area contributed by atoms with E-state index in [1.54, 1.807) is 13.1 Å². The number of benzene rings is 1. The average molecular weight is 340 g/mol. The Kier molecular flexibility index (Phi) is 4.81. The molecule has 0 aliphatic carbocycles. The van der Waals surface area contributed by atoms with Crippen molar-refractivity contribution in [2.75, 3.05) is 18.6 Å². The van der Waals surface area contributed by atoms with Gasteiger partial charge in [0.1, 0.15) is 18.0 Å². The van der Waals surface area contributed by atoms with E-state index >= 15 is 0 Å². The van der Waals surface area contributed by atoms with Crippen molar-refractivity contribution in [2.45, 2.75) is 18.8 Å². The largest absolute Gasteiger partial charge is 0.485 e. The summed E-state index contributed by atoms with van der Waals surface area (Å²) in [6.45, 7) is 0.463. The third kappa shape index (κ3) is 3.56. The van der Waals surface area contributed by atoms with E-state index in [-0.39, 0.29) is 11.5 Å². The molecule has 0 spiro atoms. The van der Waals surface area contributed by atoms with E-state index in [1.165, 1.54) is 6.07 Å². The first-order valence-corrected chi connectivity index (χ1v) is 8.58. The quantitative estimate of drug-likeness (QED) is 0.863. The van der Waals surface area contributed by atoms with Crippen LogP contribution in [0, 0.1) is 0 Å².